The summed E-state index contributed by atoms with van der Waals surface area (Å²) in [5, 5.41) is 13.8. The van der Waals surface area contributed by atoms with Gasteiger partial charge < -0.3 is 19.3 Å². The highest BCUT2D eigenvalue weighted by atomic mass is 16.6. The number of phenolic OH excluding ortho intramolecular Hbond substituents is 1. The highest BCUT2D eigenvalue weighted by molar-refractivity contribution is 5.86. The minimum atomic E-state index is -0.791. The topological polar surface area (TPSA) is 89.4 Å². The van der Waals surface area contributed by atoms with E-state index < -0.39 is 12.0 Å². The third-order valence-corrected chi connectivity index (χ3v) is 3.49. The summed E-state index contributed by atoms with van der Waals surface area (Å²) in [7, 11) is 0. The predicted octanol–water partition coefficient (Wildman–Crippen LogP) is 2.08. The first kappa shape index (κ1) is 16.6. The van der Waals surface area contributed by atoms with Crippen LogP contribution in [0.5, 0.6) is 23.0 Å². The molecule has 0 aliphatic carbocycles. The summed E-state index contributed by atoms with van der Waals surface area (Å²) in [6.07, 6.45) is 0.557. The maximum Gasteiger partial charge on any atom is 0.284 e. The first-order valence-corrected chi connectivity index (χ1v) is 7.84. The molecule has 1 aliphatic heterocycles. The van der Waals surface area contributed by atoms with Gasteiger partial charge in [-0.15, -0.1) is 0 Å². The molecule has 0 aromatic heterocycles. The zero-order chi connectivity index (χ0) is 17.6. The molecule has 0 spiro atoms. The van der Waals surface area contributed by atoms with E-state index in [1.807, 2.05) is 13.0 Å². The summed E-state index contributed by atoms with van der Waals surface area (Å²) in [4.78, 5) is 12.1. The van der Waals surface area contributed by atoms with Gasteiger partial charge in [-0.2, -0.15) is 5.10 Å². The molecule has 0 radical (unpaired) electrons. The molecule has 0 fully saturated rings. The second kappa shape index (κ2) is 7.57. The van der Waals surface area contributed by atoms with Crippen LogP contribution in [0.25, 0.3) is 0 Å². The number of nitrogens with zero attached hydrogens (tertiary/aromatic N) is 1. The second-order valence-corrected chi connectivity index (χ2v) is 5.25. The van der Waals surface area contributed by atoms with Crippen LogP contribution in [0.3, 0.4) is 0 Å². The normalized spacial score (nSPS) is 15.8. The average molecular weight is 342 g/mol. The lowest BCUT2D eigenvalue weighted by atomic mass is 10.2. The molecule has 1 unspecified atom stereocenters. The fourth-order valence-electron chi connectivity index (χ4n) is 2.28. The van der Waals surface area contributed by atoms with E-state index in [4.69, 9.17) is 14.2 Å². The van der Waals surface area contributed by atoms with Crippen LogP contribution in [0, 0.1) is 0 Å². The number of hydrazone groups is 1. The number of hydrogen-bond acceptors (Lipinski definition) is 6. The van der Waals surface area contributed by atoms with Gasteiger partial charge in [-0.1, -0.05) is 12.1 Å². The van der Waals surface area contributed by atoms with Gasteiger partial charge in [-0.05, 0) is 31.2 Å². The number of hydrogen-bond donors (Lipinski definition) is 2. The van der Waals surface area contributed by atoms with Gasteiger partial charge in [-0.3, -0.25) is 4.79 Å². The predicted molar refractivity (Wildman–Crippen MR) is 91.4 cm³/mol. The number of ether oxygens (including phenoxy) is 3. The zero-order valence-electron chi connectivity index (χ0n) is 13.6. The van der Waals surface area contributed by atoms with Gasteiger partial charge in [0.15, 0.2) is 11.5 Å². The van der Waals surface area contributed by atoms with E-state index in [1.165, 1.54) is 12.3 Å². The molecule has 1 amide bonds. The highest BCUT2D eigenvalue weighted by Gasteiger charge is 2.26. The lowest BCUT2D eigenvalue weighted by molar-refractivity contribution is -0.130. The van der Waals surface area contributed by atoms with Crippen LogP contribution < -0.4 is 19.6 Å². The third-order valence-electron chi connectivity index (χ3n) is 3.49. The Labute approximate surface area is 144 Å². The molecular weight excluding hydrogens is 324 g/mol. The van der Waals surface area contributed by atoms with Gasteiger partial charge in [0.05, 0.1) is 12.8 Å². The van der Waals surface area contributed by atoms with E-state index in [1.54, 1.807) is 30.3 Å². The van der Waals surface area contributed by atoms with Crippen molar-refractivity contribution in [2.75, 3.05) is 13.2 Å². The fourth-order valence-corrected chi connectivity index (χ4v) is 2.28. The Morgan fingerprint density at radius 1 is 1.36 bits per heavy atom. The number of carbonyl (C=O) groups is 1. The van der Waals surface area contributed by atoms with E-state index in [9.17, 15) is 9.90 Å². The van der Waals surface area contributed by atoms with Gasteiger partial charge in [-0.25, -0.2) is 5.43 Å². The number of benzene rings is 2. The van der Waals surface area contributed by atoms with Crippen LogP contribution in [-0.2, 0) is 4.79 Å². The quantitative estimate of drug-likeness (QED) is 0.641. The van der Waals surface area contributed by atoms with Crippen LogP contribution in [0.4, 0.5) is 0 Å². The second-order valence-electron chi connectivity index (χ2n) is 5.25. The number of aromatic hydroxyl groups is 1. The van der Waals surface area contributed by atoms with Gasteiger partial charge >= 0.3 is 0 Å². The van der Waals surface area contributed by atoms with Crippen molar-refractivity contribution in [2.24, 2.45) is 5.10 Å². The van der Waals surface area contributed by atoms with Crippen LogP contribution in [0.1, 0.15) is 12.5 Å². The standard InChI is InChI=1S/C18H18N2O5/c1-2-23-13-8-7-12(14(21)9-13)10-19-20-18(22)17-11-24-15-5-3-4-6-16(15)25-17/h3-10,17,21H,2,11H2,1H3,(H,20,22)/b19-10+. The van der Waals surface area contributed by atoms with Gasteiger partial charge in [0.1, 0.15) is 18.1 Å². The fraction of sp³-hybridized carbons (Fsp3) is 0.222. The SMILES string of the molecule is CCOc1ccc(/C=N/NC(=O)C2COc3ccccc3O2)c(O)c1. The first-order valence-electron chi connectivity index (χ1n) is 7.84. The molecule has 7 nitrogen and oxygen atoms in total. The van der Waals surface area contributed by atoms with Crippen LogP contribution in [0.2, 0.25) is 0 Å². The van der Waals surface area contributed by atoms with Crippen molar-refractivity contribution in [2.45, 2.75) is 13.0 Å². The number of carbonyl (C=O) groups excluding carboxylic acids is 1. The molecule has 1 heterocycles. The largest absolute Gasteiger partial charge is 0.507 e. The van der Waals surface area contributed by atoms with Gasteiger partial charge in [0.25, 0.3) is 5.91 Å². The summed E-state index contributed by atoms with van der Waals surface area (Å²) in [6.45, 7) is 2.47. The minimum Gasteiger partial charge on any atom is -0.507 e. The molecule has 0 saturated carbocycles. The van der Waals surface area contributed by atoms with Crippen molar-refractivity contribution in [3.05, 3.63) is 48.0 Å². The average Bonchev–Trinajstić information content (AvgIpc) is 2.63. The smallest absolute Gasteiger partial charge is 0.284 e. The van der Waals surface area contributed by atoms with Crippen LogP contribution in [0.15, 0.2) is 47.6 Å². The zero-order valence-corrected chi connectivity index (χ0v) is 13.6. The molecule has 2 N–H and O–H groups in total. The molecule has 0 bridgehead atoms. The number of phenols is 1. The van der Waals surface area contributed by atoms with E-state index in [0.29, 0.717) is 29.4 Å². The van der Waals surface area contributed by atoms with Crippen LogP contribution in [-0.4, -0.2) is 36.5 Å². The van der Waals surface area contributed by atoms with Crippen molar-refractivity contribution >= 4 is 12.1 Å². The molecular formula is C18H18N2O5. The number of amides is 1. The molecule has 2 aromatic rings. The van der Waals surface area contributed by atoms with E-state index in [2.05, 4.69) is 10.5 Å². The number of para-hydroxylation sites is 2. The Kier molecular flexibility index (Phi) is 5.03. The maximum absolute atomic E-state index is 12.1. The molecule has 0 saturated heterocycles. The van der Waals surface area contributed by atoms with Gasteiger partial charge in [0.2, 0.25) is 6.10 Å². The Bertz CT molecular complexity index is 791. The molecule has 130 valence electrons. The molecule has 2 aromatic carbocycles. The van der Waals surface area contributed by atoms with Crippen molar-refractivity contribution in [1.29, 1.82) is 0 Å². The molecule has 7 heteroatoms. The lowest BCUT2D eigenvalue weighted by Crippen LogP contribution is -2.42. The highest BCUT2D eigenvalue weighted by Crippen LogP contribution is 2.30. The van der Waals surface area contributed by atoms with Crippen molar-refractivity contribution < 1.29 is 24.1 Å². The van der Waals surface area contributed by atoms with E-state index in [-0.39, 0.29) is 12.4 Å². The van der Waals surface area contributed by atoms with E-state index in [0.717, 1.165) is 0 Å². The Balaban J connectivity index is 1.58. The summed E-state index contributed by atoms with van der Waals surface area (Å²) in [6, 6.07) is 12.0. The summed E-state index contributed by atoms with van der Waals surface area (Å²) in [5.41, 5.74) is 2.84. The maximum atomic E-state index is 12.1. The number of rotatable bonds is 5. The molecule has 25 heavy (non-hydrogen) atoms. The first-order chi connectivity index (χ1) is 12.2. The number of nitrogens with one attached hydrogen (secondary N) is 1. The van der Waals surface area contributed by atoms with Crippen LogP contribution >= 0.6 is 0 Å². The molecule has 1 atom stereocenters. The minimum absolute atomic E-state index is 0.00938. The van der Waals surface area contributed by atoms with E-state index >= 15 is 0 Å². The third kappa shape index (κ3) is 4.00. The Morgan fingerprint density at radius 2 is 2.16 bits per heavy atom. The lowest BCUT2D eigenvalue weighted by Gasteiger charge is -2.24. The Hall–Kier alpha value is -3.22. The summed E-state index contributed by atoms with van der Waals surface area (Å²) < 4.78 is 16.4. The summed E-state index contributed by atoms with van der Waals surface area (Å²) >= 11 is 0. The summed E-state index contributed by atoms with van der Waals surface area (Å²) in [5.74, 6) is 1.26. The van der Waals surface area contributed by atoms with Gasteiger partial charge in [0, 0.05) is 11.6 Å². The Morgan fingerprint density at radius 3 is 2.92 bits per heavy atom. The molecule has 3 rings (SSSR count). The number of fused-ring (bicyclic) bond motifs is 1. The van der Waals surface area contributed by atoms with Crippen molar-refractivity contribution in [1.82, 2.24) is 5.43 Å². The monoisotopic (exact) mass is 342 g/mol. The van der Waals surface area contributed by atoms with Crippen molar-refractivity contribution in [3.8, 4) is 23.0 Å². The van der Waals surface area contributed by atoms with Crippen molar-refractivity contribution in [3.63, 3.8) is 0 Å². The molecule has 1 aliphatic rings.